The minimum atomic E-state index is -0.136. The molecule has 0 heterocycles. The summed E-state index contributed by atoms with van der Waals surface area (Å²) in [5, 5.41) is 10.9. The van der Waals surface area contributed by atoms with Gasteiger partial charge in [-0.2, -0.15) is 17.5 Å². The van der Waals surface area contributed by atoms with Crippen LogP contribution in [-0.2, 0) is 23.7 Å². The van der Waals surface area contributed by atoms with Crippen LogP contribution in [0.3, 0.4) is 0 Å². The first-order valence-electron chi connectivity index (χ1n) is 5.45. The third-order valence-corrected chi connectivity index (χ3v) is 3.38. The second kappa shape index (κ2) is 22.6. The van der Waals surface area contributed by atoms with Gasteiger partial charge in [0.25, 0.3) is 0 Å². The van der Waals surface area contributed by atoms with Crippen LogP contribution in [0.1, 0.15) is 0 Å². The summed E-state index contributed by atoms with van der Waals surface area (Å²) in [4.78, 5) is 0. The standard InChI is InChI=1S/C9H7.C4H11OSi.CH3.2ClH.O.Si.Ti/c1-2-5-9-7-3-6-8(9)4-1;1-6(2)4-3-5;;;;;;/h1-7H;5H,3-4H2,1-2H3;1H3;2*1H;;;/q-1;;-1;;;;;+2. The number of aliphatic hydroxyl groups is 1. The summed E-state index contributed by atoms with van der Waals surface area (Å²) in [7, 11) is -0.136. The molecule has 0 spiro atoms. The van der Waals surface area contributed by atoms with Gasteiger partial charge in [-0.05, 0) is 6.04 Å². The number of rotatable bonds is 2. The van der Waals surface area contributed by atoms with Crippen LogP contribution in [0.4, 0.5) is 0 Å². The average Bonchev–Trinajstić information content (AvgIpc) is 2.80. The van der Waals surface area contributed by atoms with E-state index in [1.807, 2.05) is 0 Å². The number of aliphatic hydroxyl groups excluding tert-OH is 1. The van der Waals surface area contributed by atoms with E-state index < -0.39 is 0 Å². The van der Waals surface area contributed by atoms with E-state index in [9.17, 15) is 0 Å². The molecule has 0 amide bonds. The molecule has 0 aliphatic heterocycles. The fourth-order valence-corrected chi connectivity index (χ4v) is 1.74. The van der Waals surface area contributed by atoms with E-state index in [4.69, 9.17) is 8.43 Å². The van der Waals surface area contributed by atoms with Gasteiger partial charge in [-0.15, -0.1) is 54.5 Å². The van der Waals surface area contributed by atoms with Gasteiger partial charge in [-0.1, -0.05) is 19.2 Å². The number of halogens is 2. The molecule has 1 N–H and O–H groups in total. The van der Waals surface area contributed by atoms with Gasteiger partial charge in [0.05, 0.1) is 0 Å². The number of benzene rings is 1. The van der Waals surface area contributed by atoms with E-state index in [1.165, 1.54) is 10.8 Å². The van der Waals surface area contributed by atoms with Crippen molar-refractivity contribution in [2.75, 3.05) is 6.61 Å². The Hall–Kier alpha value is 0.318. The second-order valence-electron chi connectivity index (χ2n) is 3.84. The van der Waals surface area contributed by atoms with Crippen molar-refractivity contribution in [1.29, 1.82) is 0 Å². The molecule has 0 saturated carbocycles. The van der Waals surface area contributed by atoms with Gasteiger partial charge in [0.1, 0.15) is 0 Å². The molecule has 0 fully saturated rings. The van der Waals surface area contributed by atoms with Crippen LogP contribution in [-0.4, -0.2) is 31.5 Å². The number of hydrogen-bond donors (Lipinski definition) is 1. The average molecular weight is 398 g/mol. The fraction of sp³-hybridized carbons (Fsp3) is 0.286. The third kappa shape index (κ3) is 16.5. The summed E-state index contributed by atoms with van der Waals surface area (Å²) < 4.78 is 8.25. The summed E-state index contributed by atoms with van der Waals surface area (Å²) in [5.41, 5.74) is 0. The Bertz CT molecular complexity index is 384. The maximum atomic E-state index is 8.26. The van der Waals surface area contributed by atoms with E-state index in [-0.39, 0.29) is 52.0 Å². The molecule has 2 nitrogen and oxygen atoms in total. The van der Waals surface area contributed by atoms with Crippen molar-refractivity contribution < 1.29 is 28.8 Å². The molecular formula is C14H23Cl2O2Si2Ti. The Labute approximate surface area is 159 Å². The SMILES string of the molecule is C[Si](C)CCO.Cl.Cl.[CH3-].[O]=[Ti+2].[Si].c1ccc2[cH-]ccc2c1. The molecule has 7 heteroatoms. The molecule has 5 radical (unpaired) electrons. The van der Waals surface area contributed by atoms with Crippen molar-refractivity contribution >= 4 is 55.3 Å². The molecule has 0 aromatic heterocycles. The van der Waals surface area contributed by atoms with Gasteiger partial charge in [0, 0.05) is 26.4 Å². The first-order valence-corrected chi connectivity index (χ1v) is 8.79. The Balaban J connectivity index is -0.0000000650. The van der Waals surface area contributed by atoms with Crippen molar-refractivity contribution in [3.05, 3.63) is 49.9 Å². The van der Waals surface area contributed by atoms with Crippen LogP contribution < -0.4 is 0 Å². The first kappa shape index (κ1) is 33.1. The number of hydrogen-bond acceptors (Lipinski definition) is 2. The van der Waals surface area contributed by atoms with Crippen LogP contribution in [0.5, 0.6) is 0 Å². The normalized spacial score (nSPS) is 7.52. The van der Waals surface area contributed by atoms with Gasteiger partial charge >= 0.3 is 23.7 Å². The van der Waals surface area contributed by atoms with Gasteiger partial charge in [-0.25, -0.2) is 0 Å². The predicted octanol–water partition coefficient (Wildman–Crippen LogP) is 4.08. The Kier molecular flexibility index (Phi) is 35.6. The van der Waals surface area contributed by atoms with Crippen molar-refractivity contribution in [3.8, 4) is 0 Å². The Morgan fingerprint density at radius 1 is 1.14 bits per heavy atom. The van der Waals surface area contributed by atoms with Crippen LogP contribution in [0.15, 0.2) is 42.5 Å². The van der Waals surface area contributed by atoms with Crippen LogP contribution in [0.2, 0.25) is 19.1 Å². The van der Waals surface area contributed by atoms with E-state index in [2.05, 4.69) is 55.6 Å². The van der Waals surface area contributed by atoms with Gasteiger partial charge < -0.3 is 12.5 Å². The quantitative estimate of drug-likeness (QED) is 0.612. The molecule has 0 aliphatic rings. The van der Waals surface area contributed by atoms with Crippen molar-refractivity contribution in [3.63, 3.8) is 0 Å². The molecule has 2 rings (SSSR count). The zero-order valence-corrected chi connectivity index (χ0v) is 17.8. The van der Waals surface area contributed by atoms with Crippen molar-refractivity contribution in [2.24, 2.45) is 0 Å². The van der Waals surface area contributed by atoms with E-state index in [0.717, 1.165) is 26.4 Å². The molecule has 0 bridgehead atoms. The van der Waals surface area contributed by atoms with E-state index in [1.54, 1.807) is 0 Å². The zero-order valence-electron chi connectivity index (χ0n) is 12.6. The smallest absolute Gasteiger partial charge is 0 e. The first-order chi connectivity index (χ1) is 8.24. The summed E-state index contributed by atoms with van der Waals surface area (Å²) >= 11 is 0.750. The number of fused-ring (bicyclic) bond motifs is 1. The van der Waals surface area contributed by atoms with E-state index in [0.29, 0.717) is 6.61 Å². The third-order valence-electron chi connectivity index (χ3n) is 2.16. The molecule has 21 heavy (non-hydrogen) atoms. The summed E-state index contributed by atoms with van der Waals surface area (Å²) in [6, 6.07) is 15.7. The Morgan fingerprint density at radius 3 is 2.05 bits per heavy atom. The zero-order chi connectivity index (χ0) is 13.1. The molecular weight excluding hydrogens is 375 g/mol. The molecule has 0 unspecified atom stereocenters. The monoisotopic (exact) mass is 397 g/mol. The summed E-state index contributed by atoms with van der Waals surface area (Å²) in [5.74, 6) is 0. The molecule has 0 atom stereocenters. The predicted molar refractivity (Wildman–Crippen MR) is 96.3 cm³/mol. The molecule has 2 aromatic carbocycles. The van der Waals surface area contributed by atoms with E-state index >= 15 is 0 Å². The van der Waals surface area contributed by atoms with Crippen molar-refractivity contribution in [2.45, 2.75) is 19.1 Å². The minimum Gasteiger partial charge on any atom is -0.168 e. The minimum absolute atomic E-state index is 0. The molecule has 0 saturated heterocycles. The summed E-state index contributed by atoms with van der Waals surface area (Å²) in [6.07, 6.45) is 0. The van der Waals surface area contributed by atoms with Crippen LogP contribution >= 0.6 is 24.8 Å². The van der Waals surface area contributed by atoms with Gasteiger partial charge in [-0.3, -0.25) is 0 Å². The topological polar surface area (TPSA) is 37.3 Å². The maximum Gasteiger partial charge on any atom is 0 e. The second-order valence-corrected chi connectivity index (χ2v) is 6.75. The van der Waals surface area contributed by atoms with Gasteiger partial charge in [0.15, 0.2) is 0 Å². The van der Waals surface area contributed by atoms with Gasteiger partial charge in [0.2, 0.25) is 0 Å². The fourth-order valence-electron chi connectivity index (χ4n) is 1.29. The maximum absolute atomic E-state index is 8.26. The molecule has 2 aromatic rings. The summed E-state index contributed by atoms with van der Waals surface area (Å²) in [6.45, 7) is 4.77. The van der Waals surface area contributed by atoms with Crippen LogP contribution in [0.25, 0.3) is 10.8 Å². The Morgan fingerprint density at radius 2 is 1.67 bits per heavy atom. The molecule has 0 aliphatic carbocycles. The van der Waals surface area contributed by atoms with Crippen molar-refractivity contribution in [1.82, 2.24) is 0 Å². The van der Waals surface area contributed by atoms with Crippen LogP contribution in [0, 0.1) is 7.43 Å². The molecule has 117 valence electrons. The largest absolute Gasteiger partial charge is 0.168 e.